The van der Waals surface area contributed by atoms with Gasteiger partial charge >= 0.3 is 0 Å². The number of nitrogens with one attached hydrogen (secondary N) is 1. The van der Waals surface area contributed by atoms with Crippen molar-refractivity contribution in [3.63, 3.8) is 0 Å². The van der Waals surface area contributed by atoms with Crippen LogP contribution < -0.4 is 10.1 Å². The first-order valence-electron chi connectivity index (χ1n) is 11.2. The van der Waals surface area contributed by atoms with Gasteiger partial charge in [-0.25, -0.2) is 9.97 Å². The SMILES string of the molecule is COc1cccc(-c2cnc(N[C@@H](Cc3ccc([N+](=O)[O-])cc3)c3csc(-c4ccccc4)n3)o2)c1. The highest BCUT2D eigenvalue weighted by atomic mass is 32.1. The Bertz CT molecular complexity index is 1460. The molecule has 0 bridgehead atoms. The van der Waals surface area contributed by atoms with Gasteiger partial charge < -0.3 is 14.5 Å². The number of nitro groups is 1. The van der Waals surface area contributed by atoms with Crippen LogP contribution in [0.25, 0.3) is 21.9 Å². The summed E-state index contributed by atoms with van der Waals surface area (Å²) in [7, 11) is 1.62. The Kier molecular flexibility index (Phi) is 6.72. The van der Waals surface area contributed by atoms with E-state index in [9.17, 15) is 10.1 Å². The van der Waals surface area contributed by atoms with Crippen molar-refractivity contribution in [3.05, 3.63) is 112 Å². The van der Waals surface area contributed by atoms with Crippen molar-refractivity contribution in [1.82, 2.24) is 9.97 Å². The van der Waals surface area contributed by atoms with Crippen molar-refractivity contribution < 1.29 is 14.1 Å². The average molecular weight is 499 g/mol. The first-order chi connectivity index (χ1) is 17.6. The molecule has 9 heteroatoms. The molecule has 0 saturated carbocycles. The summed E-state index contributed by atoms with van der Waals surface area (Å²) in [5.74, 6) is 1.33. The Balaban J connectivity index is 1.43. The van der Waals surface area contributed by atoms with Gasteiger partial charge in [0.1, 0.15) is 10.8 Å². The highest BCUT2D eigenvalue weighted by molar-refractivity contribution is 7.13. The fourth-order valence-corrected chi connectivity index (χ4v) is 4.66. The van der Waals surface area contributed by atoms with Gasteiger partial charge in [0.15, 0.2) is 5.76 Å². The normalized spacial score (nSPS) is 11.7. The molecule has 0 spiro atoms. The lowest BCUT2D eigenvalue weighted by atomic mass is 10.0. The van der Waals surface area contributed by atoms with Gasteiger partial charge in [0.25, 0.3) is 11.7 Å². The maximum atomic E-state index is 11.1. The number of rotatable bonds is 9. The highest BCUT2D eigenvalue weighted by Crippen LogP contribution is 2.32. The van der Waals surface area contributed by atoms with Crippen molar-refractivity contribution in [2.24, 2.45) is 0 Å². The summed E-state index contributed by atoms with van der Waals surface area (Å²) in [5, 5.41) is 17.3. The molecule has 0 unspecified atom stereocenters. The van der Waals surface area contributed by atoms with Gasteiger partial charge in [0.2, 0.25) is 0 Å². The first kappa shape index (κ1) is 23.3. The number of nitrogens with zero attached hydrogens (tertiary/aromatic N) is 3. The Morgan fingerprint density at radius 3 is 2.58 bits per heavy atom. The lowest BCUT2D eigenvalue weighted by Crippen LogP contribution is -2.14. The van der Waals surface area contributed by atoms with Gasteiger partial charge in [-0.1, -0.05) is 54.6 Å². The molecule has 5 aromatic rings. The third kappa shape index (κ3) is 5.26. The second-order valence-corrected chi connectivity index (χ2v) is 8.89. The smallest absolute Gasteiger partial charge is 0.295 e. The van der Waals surface area contributed by atoms with Crippen molar-refractivity contribution in [2.75, 3.05) is 12.4 Å². The minimum Gasteiger partial charge on any atom is -0.497 e. The number of ether oxygens (including phenoxy) is 1. The molecule has 2 aromatic heterocycles. The zero-order chi connectivity index (χ0) is 24.9. The summed E-state index contributed by atoms with van der Waals surface area (Å²) < 4.78 is 11.3. The maximum Gasteiger partial charge on any atom is 0.295 e. The number of non-ortho nitro benzene ring substituents is 1. The summed E-state index contributed by atoms with van der Waals surface area (Å²) in [5.41, 5.74) is 3.70. The van der Waals surface area contributed by atoms with Gasteiger partial charge in [0.05, 0.1) is 30.0 Å². The molecule has 0 amide bonds. The Morgan fingerprint density at radius 1 is 1.06 bits per heavy atom. The van der Waals surface area contributed by atoms with Crippen LogP contribution in [0.15, 0.2) is 94.9 Å². The molecule has 8 nitrogen and oxygen atoms in total. The average Bonchev–Trinajstić information content (AvgIpc) is 3.60. The van der Waals surface area contributed by atoms with Crippen molar-refractivity contribution in [1.29, 1.82) is 0 Å². The van der Waals surface area contributed by atoms with Gasteiger partial charge in [0, 0.05) is 28.6 Å². The number of thiazole rings is 1. The first-order valence-corrected chi connectivity index (χ1v) is 12.1. The van der Waals surface area contributed by atoms with Crippen LogP contribution in [0.3, 0.4) is 0 Å². The number of hydrogen-bond acceptors (Lipinski definition) is 8. The van der Waals surface area contributed by atoms with E-state index >= 15 is 0 Å². The number of anilines is 1. The molecule has 0 fully saturated rings. The summed E-state index contributed by atoms with van der Waals surface area (Å²) in [6.07, 6.45) is 2.20. The van der Waals surface area contributed by atoms with Crippen LogP contribution >= 0.6 is 11.3 Å². The van der Waals surface area contributed by atoms with Gasteiger partial charge in [-0.15, -0.1) is 11.3 Å². The van der Waals surface area contributed by atoms with Crippen molar-refractivity contribution >= 4 is 23.0 Å². The molecule has 5 rings (SSSR count). The maximum absolute atomic E-state index is 11.1. The molecule has 0 radical (unpaired) electrons. The largest absolute Gasteiger partial charge is 0.497 e. The second-order valence-electron chi connectivity index (χ2n) is 8.03. The van der Waals surface area contributed by atoms with E-state index in [1.165, 1.54) is 12.1 Å². The van der Waals surface area contributed by atoms with Crippen molar-refractivity contribution in [2.45, 2.75) is 12.5 Å². The minimum atomic E-state index is -0.404. The summed E-state index contributed by atoms with van der Waals surface area (Å²) in [6, 6.07) is 24.2. The summed E-state index contributed by atoms with van der Waals surface area (Å²) in [4.78, 5) is 19.9. The monoisotopic (exact) mass is 498 g/mol. The molecular formula is C27H22N4O4S. The molecule has 180 valence electrons. The van der Waals surface area contributed by atoms with Crippen LogP contribution in [0.2, 0.25) is 0 Å². The van der Waals surface area contributed by atoms with E-state index in [2.05, 4.69) is 10.3 Å². The van der Waals surface area contributed by atoms with E-state index in [0.717, 1.165) is 33.1 Å². The molecule has 2 heterocycles. The number of methoxy groups -OCH3 is 1. The van der Waals surface area contributed by atoms with E-state index in [4.69, 9.17) is 14.1 Å². The molecule has 3 aromatic carbocycles. The molecule has 36 heavy (non-hydrogen) atoms. The molecule has 1 atom stereocenters. The minimum absolute atomic E-state index is 0.0545. The van der Waals surface area contributed by atoms with Crippen LogP contribution in [0, 0.1) is 10.1 Å². The van der Waals surface area contributed by atoms with Crippen LogP contribution in [-0.2, 0) is 6.42 Å². The lowest BCUT2D eigenvalue weighted by molar-refractivity contribution is -0.384. The summed E-state index contributed by atoms with van der Waals surface area (Å²) in [6.45, 7) is 0. The topological polar surface area (TPSA) is 103 Å². The standard InChI is InChI=1S/C27H22N4O4S/c1-34-22-9-5-8-20(15-22)25-16-28-27(35-25)30-23(14-18-10-12-21(13-11-18)31(32)33)24-17-36-26(29-24)19-6-3-2-4-7-19/h2-13,15-17,23H,14H2,1H3,(H,28,30)/t23-/m0/s1. The number of oxazole rings is 1. The van der Waals surface area contributed by atoms with E-state index in [0.29, 0.717) is 18.2 Å². The number of benzene rings is 3. The zero-order valence-corrected chi connectivity index (χ0v) is 20.1. The summed E-state index contributed by atoms with van der Waals surface area (Å²) >= 11 is 1.56. The molecule has 1 N–H and O–H groups in total. The van der Waals surface area contributed by atoms with E-state index in [1.54, 1.807) is 36.8 Å². The van der Waals surface area contributed by atoms with Crippen LogP contribution in [0.5, 0.6) is 5.75 Å². The van der Waals surface area contributed by atoms with Crippen LogP contribution in [0.1, 0.15) is 17.3 Å². The van der Waals surface area contributed by atoms with Gasteiger partial charge in [-0.05, 0) is 24.1 Å². The second kappa shape index (κ2) is 10.4. The van der Waals surface area contributed by atoms with E-state index in [1.807, 2.05) is 60.0 Å². The predicted molar refractivity (Wildman–Crippen MR) is 139 cm³/mol. The van der Waals surface area contributed by atoms with Gasteiger partial charge in [-0.3, -0.25) is 10.1 Å². The molecule has 0 aliphatic heterocycles. The number of aromatic nitrogens is 2. The predicted octanol–water partition coefficient (Wildman–Crippen LogP) is 6.78. The van der Waals surface area contributed by atoms with Gasteiger partial charge in [-0.2, -0.15) is 0 Å². The Labute approximate surface area is 211 Å². The van der Waals surface area contributed by atoms with Crippen LogP contribution in [-0.4, -0.2) is 22.0 Å². The molecule has 0 aliphatic carbocycles. The molecule has 0 aliphatic rings. The van der Waals surface area contributed by atoms with Crippen molar-refractivity contribution in [3.8, 4) is 27.6 Å². The molecule has 0 saturated heterocycles. The lowest BCUT2D eigenvalue weighted by Gasteiger charge is -2.16. The van der Waals surface area contributed by atoms with Crippen LogP contribution in [0.4, 0.5) is 11.7 Å². The quantitative estimate of drug-likeness (QED) is 0.176. The molecular weight excluding hydrogens is 476 g/mol. The number of nitro benzene ring substituents is 1. The fourth-order valence-electron chi connectivity index (χ4n) is 3.78. The fraction of sp³-hybridized carbons (Fsp3) is 0.111. The Morgan fingerprint density at radius 2 is 1.83 bits per heavy atom. The van der Waals surface area contributed by atoms with E-state index in [-0.39, 0.29) is 11.7 Å². The highest BCUT2D eigenvalue weighted by Gasteiger charge is 2.20. The zero-order valence-electron chi connectivity index (χ0n) is 19.3. The third-order valence-electron chi connectivity index (χ3n) is 5.64. The third-order valence-corrected chi connectivity index (χ3v) is 6.55. The Hall–Kier alpha value is -4.50. The van der Waals surface area contributed by atoms with E-state index < -0.39 is 4.92 Å². The number of hydrogen-bond donors (Lipinski definition) is 1.